The molecule has 0 N–H and O–H groups in total. The molecule has 0 aromatic carbocycles. The second-order valence-corrected chi connectivity index (χ2v) is 5.29. The molecule has 0 aromatic rings. The van der Waals surface area contributed by atoms with Crippen molar-refractivity contribution in [2.75, 3.05) is 0 Å². The first-order valence-electron chi connectivity index (χ1n) is 5.91. The Morgan fingerprint density at radius 2 is 2.19 bits per heavy atom. The molecule has 16 heavy (non-hydrogen) atoms. The molecule has 0 spiro atoms. The zero-order chi connectivity index (χ0) is 12.3. The van der Waals surface area contributed by atoms with Crippen LogP contribution in [0.2, 0.25) is 0 Å². The first-order chi connectivity index (χ1) is 7.37. The fraction of sp³-hybridized carbons (Fsp3) is 0.643. The van der Waals surface area contributed by atoms with Gasteiger partial charge in [0.1, 0.15) is 5.60 Å². The van der Waals surface area contributed by atoms with Crippen molar-refractivity contribution >= 4 is 5.97 Å². The van der Waals surface area contributed by atoms with Crippen LogP contribution < -0.4 is 0 Å². The summed E-state index contributed by atoms with van der Waals surface area (Å²) in [6.07, 6.45) is 4.64. The lowest BCUT2D eigenvalue weighted by Gasteiger charge is -2.33. The molecule has 1 atom stereocenters. The molecular formula is C14H22O2. The Morgan fingerprint density at radius 3 is 2.69 bits per heavy atom. The summed E-state index contributed by atoms with van der Waals surface area (Å²) in [6, 6.07) is 0. The first kappa shape index (κ1) is 13.0. The van der Waals surface area contributed by atoms with Crippen molar-refractivity contribution in [2.24, 2.45) is 5.92 Å². The van der Waals surface area contributed by atoms with Gasteiger partial charge >= 0.3 is 5.97 Å². The lowest BCUT2D eigenvalue weighted by atomic mass is 9.85. The number of rotatable bonds is 4. The van der Waals surface area contributed by atoms with Crippen LogP contribution in [0.15, 0.2) is 23.8 Å². The van der Waals surface area contributed by atoms with Crippen LogP contribution in [0.5, 0.6) is 0 Å². The van der Waals surface area contributed by atoms with Crippen LogP contribution in [-0.4, -0.2) is 11.6 Å². The van der Waals surface area contributed by atoms with Gasteiger partial charge in [-0.15, -0.1) is 6.58 Å². The second kappa shape index (κ2) is 4.86. The van der Waals surface area contributed by atoms with Crippen LogP contribution in [0.4, 0.5) is 0 Å². The van der Waals surface area contributed by atoms with Gasteiger partial charge in [-0.05, 0) is 39.5 Å². The van der Waals surface area contributed by atoms with Gasteiger partial charge in [-0.3, -0.25) is 0 Å². The predicted octanol–water partition coefficient (Wildman–Crippen LogP) is 3.63. The number of carbonyl (C=O) groups excluding carboxylic acids is 1. The highest BCUT2D eigenvalue weighted by molar-refractivity contribution is 5.91. The van der Waals surface area contributed by atoms with E-state index >= 15 is 0 Å². The third kappa shape index (κ3) is 2.97. The van der Waals surface area contributed by atoms with Crippen LogP contribution in [0.1, 0.15) is 47.0 Å². The zero-order valence-corrected chi connectivity index (χ0v) is 10.8. The standard InChI is InChI=1S/C14H22O2/c1-6-7-8-10(2)12-11(3)9-14(4,5)16-13(12)15/h6,10H,1,7-9H2,2-5H3. The number of ether oxygens (including phenoxy) is 1. The quantitative estimate of drug-likeness (QED) is 0.536. The molecule has 0 saturated heterocycles. The van der Waals surface area contributed by atoms with Crippen LogP contribution in [0.3, 0.4) is 0 Å². The predicted molar refractivity (Wildman–Crippen MR) is 66.1 cm³/mol. The van der Waals surface area contributed by atoms with E-state index in [0.717, 1.165) is 24.8 Å². The molecule has 0 amide bonds. The molecule has 0 radical (unpaired) electrons. The van der Waals surface area contributed by atoms with E-state index in [4.69, 9.17) is 4.74 Å². The fourth-order valence-corrected chi connectivity index (χ4v) is 2.38. The number of hydrogen-bond acceptors (Lipinski definition) is 2. The second-order valence-electron chi connectivity index (χ2n) is 5.29. The van der Waals surface area contributed by atoms with Gasteiger partial charge in [0.25, 0.3) is 0 Å². The molecule has 1 rings (SSSR count). The van der Waals surface area contributed by atoms with Crippen molar-refractivity contribution in [3.8, 4) is 0 Å². The number of carbonyl (C=O) groups is 1. The summed E-state index contributed by atoms with van der Waals surface area (Å²) in [5, 5.41) is 0. The van der Waals surface area contributed by atoms with Crippen LogP contribution in [0, 0.1) is 5.92 Å². The van der Waals surface area contributed by atoms with Crippen molar-refractivity contribution in [3.63, 3.8) is 0 Å². The molecule has 2 nitrogen and oxygen atoms in total. The van der Waals surface area contributed by atoms with Crippen molar-refractivity contribution in [1.29, 1.82) is 0 Å². The largest absolute Gasteiger partial charge is 0.456 e. The lowest BCUT2D eigenvalue weighted by molar-refractivity contribution is -0.154. The first-order valence-corrected chi connectivity index (χ1v) is 5.91. The average molecular weight is 222 g/mol. The summed E-state index contributed by atoms with van der Waals surface area (Å²) in [5.41, 5.74) is 1.71. The summed E-state index contributed by atoms with van der Waals surface area (Å²) in [6.45, 7) is 11.8. The van der Waals surface area contributed by atoms with Crippen LogP contribution >= 0.6 is 0 Å². The molecular weight excluding hydrogens is 200 g/mol. The Kier molecular flexibility index (Phi) is 3.95. The summed E-state index contributed by atoms with van der Waals surface area (Å²) in [5.74, 6) is 0.131. The Bertz CT molecular complexity index is 324. The Morgan fingerprint density at radius 1 is 1.56 bits per heavy atom. The van der Waals surface area contributed by atoms with Gasteiger partial charge in [-0.25, -0.2) is 4.79 Å². The Balaban J connectivity index is 2.85. The number of esters is 1. The smallest absolute Gasteiger partial charge is 0.334 e. The maximum Gasteiger partial charge on any atom is 0.334 e. The number of hydrogen-bond donors (Lipinski definition) is 0. The van der Waals surface area contributed by atoms with E-state index in [-0.39, 0.29) is 17.5 Å². The topological polar surface area (TPSA) is 26.3 Å². The van der Waals surface area contributed by atoms with Crippen LogP contribution in [0.25, 0.3) is 0 Å². The molecule has 0 bridgehead atoms. The molecule has 0 aromatic heterocycles. The van der Waals surface area contributed by atoms with E-state index in [1.165, 1.54) is 5.57 Å². The van der Waals surface area contributed by atoms with E-state index in [1.807, 2.05) is 26.8 Å². The average Bonchev–Trinajstić information content (AvgIpc) is 2.11. The highest BCUT2D eigenvalue weighted by Gasteiger charge is 2.34. The van der Waals surface area contributed by atoms with Crippen molar-refractivity contribution in [3.05, 3.63) is 23.8 Å². The van der Waals surface area contributed by atoms with Crippen molar-refractivity contribution in [1.82, 2.24) is 0 Å². The van der Waals surface area contributed by atoms with Gasteiger partial charge in [-0.2, -0.15) is 0 Å². The fourth-order valence-electron chi connectivity index (χ4n) is 2.38. The lowest BCUT2D eigenvalue weighted by Crippen LogP contribution is -2.35. The molecule has 0 saturated carbocycles. The summed E-state index contributed by atoms with van der Waals surface area (Å²) in [4.78, 5) is 11.9. The van der Waals surface area contributed by atoms with Gasteiger partial charge in [0.2, 0.25) is 0 Å². The minimum absolute atomic E-state index is 0.134. The molecule has 90 valence electrons. The maximum absolute atomic E-state index is 11.9. The molecule has 1 unspecified atom stereocenters. The third-order valence-corrected chi connectivity index (χ3v) is 3.04. The molecule has 0 fully saturated rings. The third-order valence-electron chi connectivity index (χ3n) is 3.04. The van der Waals surface area contributed by atoms with E-state index in [0.29, 0.717) is 0 Å². The van der Waals surface area contributed by atoms with E-state index in [2.05, 4.69) is 13.5 Å². The Hall–Kier alpha value is -1.05. The number of allylic oxidation sites excluding steroid dienone is 1. The highest BCUT2D eigenvalue weighted by atomic mass is 16.6. The molecule has 2 heteroatoms. The van der Waals surface area contributed by atoms with Crippen LogP contribution in [-0.2, 0) is 9.53 Å². The Labute approximate surface area is 98.4 Å². The minimum Gasteiger partial charge on any atom is -0.456 e. The molecule has 1 aliphatic heterocycles. The minimum atomic E-state index is -0.344. The molecule has 1 aliphatic rings. The summed E-state index contributed by atoms with van der Waals surface area (Å²) >= 11 is 0. The SMILES string of the molecule is C=CCCC(C)C1=C(C)CC(C)(C)OC1=O. The number of cyclic esters (lactones) is 1. The zero-order valence-electron chi connectivity index (χ0n) is 10.8. The monoisotopic (exact) mass is 222 g/mol. The molecule has 1 heterocycles. The highest BCUT2D eigenvalue weighted by Crippen LogP contribution is 2.33. The van der Waals surface area contributed by atoms with Gasteiger partial charge in [0.05, 0.1) is 0 Å². The van der Waals surface area contributed by atoms with Crippen molar-refractivity contribution in [2.45, 2.75) is 52.6 Å². The van der Waals surface area contributed by atoms with E-state index in [1.54, 1.807) is 0 Å². The maximum atomic E-state index is 11.9. The van der Waals surface area contributed by atoms with Gasteiger partial charge in [-0.1, -0.05) is 18.6 Å². The van der Waals surface area contributed by atoms with E-state index in [9.17, 15) is 4.79 Å². The normalized spacial score (nSPS) is 21.6. The van der Waals surface area contributed by atoms with Crippen molar-refractivity contribution < 1.29 is 9.53 Å². The van der Waals surface area contributed by atoms with Gasteiger partial charge < -0.3 is 4.74 Å². The summed E-state index contributed by atoms with van der Waals surface area (Å²) < 4.78 is 5.44. The van der Waals surface area contributed by atoms with Gasteiger partial charge in [0.15, 0.2) is 0 Å². The van der Waals surface area contributed by atoms with E-state index < -0.39 is 0 Å². The molecule has 0 aliphatic carbocycles. The van der Waals surface area contributed by atoms with Gasteiger partial charge in [0, 0.05) is 12.0 Å². The summed E-state index contributed by atoms with van der Waals surface area (Å²) in [7, 11) is 0.